The van der Waals surface area contributed by atoms with E-state index in [0.29, 0.717) is 18.9 Å². The van der Waals surface area contributed by atoms with Crippen LogP contribution in [0.1, 0.15) is 18.4 Å². The van der Waals surface area contributed by atoms with Crippen molar-refractivity contribution in [1.29, 1.82) is 0 Å². The van der Waals surface area contributed by atoms with Crippen molar-refractivity contribution in [2.45, 2.75) is 25.3 Å². The fourth-order valence-corrected chi connectivity index (χ4v) is 3.71. The molecule has 0 saturated heterocycles. The van der Waals surface area contributed by atoms with Gasteiger partial charge in [-0.25, -0.2) is 13.1 Å². The Morgan fingerprint density at radius 2 is 1.94 bits per heavy atom. The van der Waals surface area contributed by atoms with E-state index >= 15 is 0 Å². The Bertz CT molecular complexity index is 469. The van der Waals surface area contributed by atoms with Crippen LogP contribution in [0.2, 0.25) is 0 Å². The maximum Gasteiger partial charge on any atom is 0.212 e. The van der Waals surface area contributed by atoms with E-state index in [1.54, 1.807) is 0 Å². The zero-order chi connectivity index (χ0) is 13.0. The van der Waals surface area contributed by atoms with Crippen LogP contribution in [0.4, 0.5) is 0 Å². The number of hydrogen-bond acceptors (Lipinski definition) is 3. The van der Waals surface area contributed by atoms with Crippen LogP contribution in [0.3, 0.4) is 0 Å². The molecule has 18 heavy (non-hydrogen) atoms. The summed E-state index contributed by atoms with van der Waals surface area (Å²) < 4.78 is 26.5. The second kappa shape index (κ2) is 5.82. The summed E-state index contributed by atoms with van der Waals surface area (Å²) in [5.74, 6) is 0.607. The summed E-state index contributed by atoms with van der Waals surface area (Å²) >= 11 is 0. The van der Waals surface area contributed by atoms with Crippen molar-refractivity contribution in [3.63, 3.8) is 0 Å². The predicted molar refractivity (Wildman–Crippen MR) is 72.6 cm³/mol. The number of hydrogen-bond donors (Lipinski definition) is 2. The molecule has 1 fully saturated rings. The normalized spacial score (nSPS) is 17.6. The molecule has 0 amide bonds. The van der Waals surface area contributed by atoms with Crippen LogP contribution in [-0.2, 0) is 16.4 Å². The largest absolute Gasteiger partial charge is 0.329 e. The van der Waals surface area contributed by atoms with Gasteiger partial charge in [0.25, 0.3) is 0 Å². The van der Waals surface area contributed by atoms with Crippen molar-refractivity contribution in [2.24, 2.45) is 11.7 Å². The highest BCUT2D eigenvalue weighted by atomic mass is 32.2. The van der Waals surface area contributed by atoms with Crippen LogP contribution in [0.5, 0.6) is 0 Å². The monoisotopic (exact) mass is 268 g/mol. The van der Waals surface area contributed by atoms with Gasteiger partial charge in [-0.3, -0.25) is 0 Å². The highest BCUT2D eigenvalue weighted by Gasteiger charge is 2.29. The maximum absolute atomic E-state index is 11.9. The quantitative estimate of drug-likeness (QED) is 0.771. The summed E-state index contributed by atoms with van der Waals surface area (Å²) in [5, 5.41) is 0. The Balaban J connectivity index is 1.92. The average molecular weight is 268 g/mol. The lowest BCUT2D eigenvalue weighted by Gasteiger charge is -2.17. The van der Waals surface area contributed by atoms with Gasteiger partial charge in [-0.05, 0) is 30.7 Å². The van der Waals surface area contributed by atoms with Crippen molar-refractivity contribution in [3.05, 3.63) is 35.9 Å². The highest BCUT2D eigenvalue weighted by Crippen LogP contribution is 2.30. The molecule has 1 aromatic rings. The van der Waals surface area contributed by atoms with Crippen LogP contribution in [0.15, 0.2) is 30.3 Å². The summed E-state index contributed by atoms with van der Waals surface area (Å²) in [6, 6.07) is 9.59. The SMILES string of the molecule is NCC(Cc1ccccc1)NS(=O)(=O)CC1CC1. The molecule has 0 spiro atoms. The predicted octanol–water partition coefficient (Wildman–Crippen LogP) is 0.886. The van der Waals surface area contributed by atoms with Gasteiger partial charge in [-0.1, -0.05) is 30.3 Å². The number of nitrogens with one attached hydrogen (secondary N) is 1. The molecule has 0 bridgehead atoms. The fourth-order valence-electron chi connectivity index (χ4n) is 1.97. The second-order valence-corrected chi connectivity index (χ2v) is 6.76. The summed E-state index contributed by atoms with van der Waals surface area (Å²) in [6.07, 6.45) is 2.71. The first-order valence-electron chi connectivity index (χ1n) is 6.33. The lowest BCUT2D eigenvalue weighted by Crippen LogP contribution is -2.42. The van der Waals surface area contributed by atoms with Gasteiger partial charge in [0.15, 0.2) is 0 Å². The summed E-state index contributed by atoms with van der Waals surface area (Å²) in [4.78, 5) is 0. The van der Waals surface area contributed by atoms with E-state index in [2.05, 4.69) is 4.72 Å². The van der Waals surface area contributed by atoms with Crippen LogP contribution in [-0.4, -0.2) is 26.8 Å². The molecule has 0 radical (unpaired) electrons. The van der Waals surface area contributed by atoms with Crippen LogP contribution >= 0.6 is 0 Å². The summed E-state index contributed by atoms with van der Waals surface area (Å²) in [6.45, 7) is 0.318. The van der Waals surface area contributed by atoms with Gasteiger partial charge in [0.2, 0.25) is 10.0 Å². The molecule has 3 N–H and O–H groups in total. The number of rotatable bonds is 7. The third kappa shape index (κ3) is 4.40. The van der Waals surface area contributed by atoms with Crippen LogP contribution in [0, 0.1) is 5.92 Å². The Morgan fingerprint density at radius 1 is 1.28 bits per heavy atom. The third-order valence-corrected chi connectivity index (χ3v) is 4.71. The molecule has 4 nitrogen and oxygen atoms in total. The number of benzene rings is 1. The fraction of sp³-hybridized carbons (Fsp3) is 0.538. The Morgan fingerprint density at radius 3 is 2.50 bits per heavy atom. The highest BCUT2D eigenvalue weighted by molar-refractivity contribution is 7.89. The van der Waals surface area contributed by atoms with Gasteiger partial charge in [0, 0.05) is 12.6 Å². The topological polar surface area (TPSA) is 72.2 Å². The molecule has 2 rings (SSSR count). The van der Waals surface area contributed by atoms with Crippen molar-refractivity contribution < 1.29 is 8.42 Å². The van der Waals surface area contributed by atoms with Gasteiger partial charge in [0.05, 0.1) is 5.75 Å². The van der Waals surface area contributed by atoms with Crippen LogP contribution < -0.4 is 10.5 Å². The first-order valence-corrected chi connectivity index (χ1v) is 7.98. The zero-order valence-electron chi connectivity index (χ0n) is 10.4. The van der Waals surface area contributed by atoms with E-state index in [1.165, 1.54) is 0 Å². The first kappa shape index (κ1) is 13.5. The molecule has 1 unspecified atom stereocenters. The lowest BCUT2D eigenvalue weighted by atomic mass is 10.1. The molecule has 1 saturated carbocycles. The van der Waals surface area contributed by atoms with Gasteiger partial charge in [-0.2, -0.15) is 0 Å². The van der Waals surface area contributed by atoms with E-state index in [0.717, 1.165) is 18.4 Å². The van der Waals surface area contributed by atoms with E-state index in [-0.39, 0.29) is 11.8 Å². The van der Waals surface area contributed by atoms with Crippen LogP contribution in [0.25, 0.3) is 0 Å². The molecular weight excluding hydrogens is 248 g/mol. The molecule has 0 aromatic heterocycles. The molecule has 1 aliphatic rings. The molecule has 1 aromatic carbocycles. The Hall–Kier alpha value is -0.910. The standard InChI is InChI=1S/C13H20N2O2S/c14-9-13(8-11-4-2-1-3-5-11)15-18(16,17)10-12-6-7-12/h1-5,12-13,15H,6-10,14H2. The minimum Gasteiger partial charge on any atom is -0.329 e. The molecule has 1 atom stereocenters. The molecule has 5 heteroatoms. The Labute approximate surface area is 109 Å². The smallest absolute Gasteiger partial charge is 0.212 e. The van der Waals surface area contributed by atoms with Gasteiger partial charge >= 0.3 is 0 Å². The minimum absolute atomic E-state index is 0.212. The molecule has 0 aliphatic heterocycles. The number of sulfonamides is 1. The molecule has 1 aliphatic carbocycles. The third-order valence-electron chi connectivity index (χ3n) is 3.11. The van der Waals surface area contributed by atoms with Crippen molar-refractivity contribution in [3.8, 4) is 0 Å². The summed E-state index contributed by atoms with van der Waals surface area (Å²) in [5.41, 5.74) is 6.75. The van der Waals surface area contributed by atoms with Gasteiger partial charge in [0.1, 0.15) is 0 Å². The Kier molecular flexibility index (Phi) is 4.37. The zero-order valence-corrected chi connectivity index (χ0v) is 11.2. The van der Waals surface area contributed by atoms with E-state index in [1.807, 2.05) is 30.3 Å². The van der Waals surface area contributed by atoms with E-state index in [9.17, 15) is 8.42 Å². The average Bonchev–Trinajstić information content (AvgIpc) is 3.12. The van der Waals surface area contributed by atoms with Crippen molar-refractivity contribution in [2.75, 3.05) is 12.3 Å². The van der Waals surface area contributed by atoms with E-state index < -0.39 is 10.0 Å². The maximum atomic E-state index is 11.9. The molecular formula is C13H20N2O2S. The number of nitrogens with two attached hydrogens (primary N) is 1. The van der Waals surface area contributed by atoms with Gasteiger partial charge < -0.3 is 5.73 Å². The molecule has 100 valence electrons. The summed E-state index contributed by atoms with van der Waals surface area (Å²) in [7, 11) is -3.18. The minimum atomic E-state index is -3.18. The first-order chi connectivity index (χ1) is 8.59. The van der Waals surface area contributed by atoms with Gasteiger partial charge in [-0.15, -0.1) is 0 Å². The van der Waals surface area contributed by atoms with Crippen molar-refractivity contribution >= 4 is 10.0 Å². The molecule has 0 heterocycles. The second-order valence-electron chi connectivity index (χ2n) is 4.96. The lowest BCUT2D eigenvalue weighted by molar-refractivity contribution is 0.545. The van der Waals surface area contributed by atoms with Crippen molar-refractivity contribution in [1.82, 2.24) is 4.72 Å². The van der Waals surface area contributed by atoms with E-state index in [4.69, 9.17) is 5.73 Å².